The van der Waals surface area contributed by atoms with Gasteiger partial charge in [-0.05, 0) is 17.7 Å². The highest BCUT2D eigenvalue weighted by Gasteiger charge is 2.16. The summed E-state index contributed by atoms with van der Waals surface area (Å²) in [6.07, 6.45) is 1.63. The zero-order chi connectivity index (χ0) is 17.6. The number of aliphatic hydroxyl groups is 1. The lowest BCUT2D eigenvalue weighted by molar-refractivity contribution is 0.184. The van der Waals surface area contributed by atoms with Crippen LogP contribution in [0.25, 0.3) is 11.3 Å². The number of nitrogens with zero attached hydrogens (tertiary/aromatic N) is 2. The molecule has 130 valence electrons. The normalized spacial score (nSPS) is 11.2. The van der Waals surface area contributed by atoms with Crippen LogP contribution < -0.4 is 0 Å². The number of hydrogen-bond donors (Lipinski definition) is 2. The molecule has 3 rings (SSSR count). The number of hydrogen-bond acceptors (Lipinski definition) is 3. The smallest absolute Gasteiger partial charge is 0.135 e. The Kier molecular flexibility index (Phi) is 5.53. The van der Waals surface area contributed by atoms with E-state index in [1.165, 1.54) is 12.1 Å². The van der Waals surface area contributed by atoms with E-state index in [2.05, 4.69) is 10.2 Å². The molecule has 0 atom stereocenters. The Morgan fingerprint density at radius 1 is 1.04 bits per heavy atom. The van der Waals surface area contributed by atoms with E-state index in [0.717, 1.165) is 17.2 Å². The minimum atomic E-state index is -0.637. The second-order valence-corrected chi connectivity index (χ2v) is 5.81. The van der Waals surface area contributed by atoms with Crippen molar-refractivity contribution in [2.75, 3.05) is 13.2 Å². The quantitative estimate of drug-likeness (QED) is 0.692. The van der Waals surface area contributed by atoms with Crippen LogP contribution in [0.3, 0.4) is 0 Å². The van der Waals surface area contributed by atoms with Crippen molar-refractivity contribution in [3.63, 3.8) is 0 Å². The number of benzene rings is 2. The summed E-state index contributed by atoms with van der Waals surface area (Å²) in [7, 11) is 0. The highest BCUT2D eigenvalue weighted by Crippen LogP contribution is 2.26. The number of aromatic nitrogens is 2. The van der Waals surface area contributed by atoms with Crippen LogP contribution in [0, 0.1) is 11.6 Å². The van der Waals surface area contributed by atoms with Crippen LogP contribution in [0.5, 0.6) is 0 Å². The fraction of sp³-hybridized carbons (Fsp3) is 0.211. The summed E-state index contributed by atoms with van der Waals surface area (Å²) in [6.45, 7) is 1.63. The second kappa shape index (κ2) is 8.00. The van der Waals surface area contributed by atoms with Crippen molar-refractivity contribution in [3.05, 3.63) is 77.5 Å². The molecule has 0 fully saturated rings. The Bertz CT molecular complexity index is 821. The second-order valence-electron chi connectivity index (χ2n) is 5.81. The van der Waals surface area contributed by atoms with Gasteiger partial charge >= 0.3 is 0 Å². The van der Waals surface area contributed by atoms with Gasteiger partial charge in [-0.25, -0.2) is 8.78 Å². The van der Waals surface area contributed by atoms with E-state index >= 15 is 0 Å². The first-order valence-corrected chi connectivity index (χ1v) is 8.02. The van der Waals surface area contributed by atoms with Crippen molar-refractivity contribution in [2.45, 2.75) is 13.1 Å². The van der Waals surface area contributed by atoms with E-state index in [1.807, 2.05) is 35.2 Å². The number of halogens is 2. The van der Waals surface area contributed by atoms with Crippen LogP contribution >= 0.6 is 0 Å². The van der Waals surface area contributed by atoms with Crippen LogP contribution in [-0.2, 0) is 13.1 Å². The lowest BCUT2D eigenvalue weighted by Gasteiger charge is -2.21. The molecule has 6 heteroatoms. The summed E-state index contributed by atoms with van der Waals surface area (Å²) in [6, 6.07) is 13.4. The molecule has 0 saturated carbocycles. The summed E-state index contributed by atoms with van der Waals surface area (Å²) < 4.78 is 27.2. The standard InChI is InChI=1S/C19H19F2N3O/c20-16-6-7-17(18(21)10-16)19-15(11-22-23-19)13-24(8-9-25)12-14-4-2-1-3-5-14/h1-7,10-11,25H,8-9,12-13H2,(H,22,23). The van der Waals surface area contributed by atoms with Crippen molar-refractivity contribution in [3.8, 4) is 11.3 Å². The maximum absolute atomic E-state index is 14.1. The minimum absolute atomic E-state index is 0.0188. The topological polar surface area (TPSA) is 52.1 Å². The molecule has 0 spiro atoms. The summed E-state index contributed by atoms with van der Waals surface area (Å²) in [5.41, 5.74) is 2.70. The molecule has 0 aliphatic heterocycles. The fourth-order valence-electron chi connectivity index (χ4n) is 2.79. The van der Waals surface area contributed by atoms with Gasteiger partial charge < -0.3 is 5.11 Å². The van der Waals surface area contributed by atoms with Crippen LogP contribution in [-0.4, -0.2) is 33.4 Å². The van der Waals surface area contributed by atoms with Crippen molar-refractivity contribution >= 4 is 0 Å². The number of nitrogens with one attached hydrogen (secondary N) is 1. The monoisotopic (exact) mass is 343 g/mol. The van der Waals surface area contributed by atoms with Crippen molar-refractivity contribution < 1.29 is 13.9 Å². The fourth-order valence-corrected chi connectivity index (χ4v) is 2.79. The molecule has 25 heavy (non-hydrogen) atoms. The molecule has 3 aromatic rings. The summed E-state index contributed by atoms with van der Waals surface area (Å²) in [4.78, 5) is 2.05. The first kappa shape index (κ1) is 17.3. The van der Waals surface area contributed by atoms with Crippen molar-refractivity contribution in [1.29, 1.82) is 0 Å². The van der Waals surface area contributed by atoms with Gasteiger partial charge in [0.15, 0.2) is 0 Å². The molecule has 0 amide bonds. The average molecular weight is 343 g/mol. The summed E-state index contributed by atoms with van der Waals surface area (Å²) in [5, 5.41) is 16.1. The number of aliphatic hydroxyl groups excluding tert-OH is 1. The zero-order valence-corrected chi connectivity index (χ0v) is 13.6. The lowest BCUT2D eigenvalue weighted by Crippen LogP contribution is -2.26. The van der Waals surface area contributed by atoms with Gasteiger partial charge in [-0.2, -0.15) is 5.10 Å². The highest BCUT2D eigenvalue weighted by molar-refractivity contribution is 5.63. The van der Waals surface area contributed by atoms with Gasteiger partial charge in [0.05, 0.1) is 18.5 Å². The van der Waals surface area contributed by atoms with Gasteiger partial charge in [0.25, 0.3) is 0 Å². The van der Waals surface area contributed by atoms with E-state index in [1.54, 1.807) is 6.20 Å². The van der Waals surface area contributed by atoms with Gasteiger partial charge in [0.2, 0.25) is 0 Å². The zero-order valence-electron chi connectivity index (χ0n) is 13.6. The van der Waals surface area contributed by atoms with E-state index in [9.17, 15) is 13.9 Å². The van der Waals surface area contributed by atoms with Crippen molar-refractivity contribution in [1.82, 2.24) is 15.1 Å². The third kappa shape index (κ3) is 4.29. The lowest BCUT2D eigenvalue weighted by atomic mass is 10.1. The first-order chi connectivity index (χ1) is 12.2. The van der Waals surface area contributed by atoms with Crippen LogP contribution in [0.1, 0.15) is 11.1 Å². The van der Waals surface area contributed by atoms with Gasteiger partial charge in [-0.3, -0.25) is 10.00 Å². The van der Waals surface area contributed by atoms with E-state index in [4.69, 9.17) is 0 Å². The Morgan fingerprint density at radius 2 is 1.84 bits per heavy atom. The molecule has 0 aliphatic carbocycles. The van der Waals surface area contributed by atoms with E-state index in [0.29, 0.717) is 25.3 Å². The molecule has 0 aliphatic rings. The summed E-state index contributed by atoms with van der Waals surface area (Å²) >= 11 is 0. The largest absolute Gasteiger partial charge is 0.395 e. The maximum atomic E-state index is 14.1. The van der Waals surface area contributed by atoms with Gasteiger partial charge in [0, 0.05) is 36.8 Å². The molecule has 4 nitrogen and oxygen atoms in total. The van der Waals surface area contributed by atoms with Crippen LogP contribution in [0.15, 0.2) is 54.7 Å². The van der Waals surface area contributed by atoms with E-state index < -0.39 is 11.6 Å². The Hall–Kier alpha value is -2.57. The Balaban J connectivity index is 1.82. The Labute approximate surface area is 144 Å². The van der Waals surface area contributed by atoms with E-state index in [-0.39, 0.29) is 12.2 Å². The van der Waals surface area contributed by atoms with Crippen LogP contribution in [0.4, 0.5) is 8.78 Å². The predicted octanol–water partition coefficient (Wildman–Crippen LogP) is 3.35. The molecule has 0 radical (unpaired) electrons. The molecule has 2 aromatic carbocycles. The maximum Gasteiger partial charge on any atom is 0.135 e. The number of aromatic amines is 1. The average Bonchev–Trinajstić information content (AvgIpc) is 3.04. The first-order valence-electron chi connectivity index (χ1n) is 8.02. The summed E-state index contributed by atoms with van der Waals surface area (Å²) in [5.74, 6) is -1.25. The number of H-pyrrole nitrogens is 1. The third-order valence-electron chi connectivity index (χ3n) is 3.98. The molecule has 2 N–H and O–H groups in total. The number of rotatable bonds is 7. The SMILES string of the molecule is OCCN(Cc1ccccc1)Cc1cn[nH]c1-c1ccc(F)cc1F. The van der Waals surface area contributed by atoms with Gasteiger partial charge in [0.1, 0.15) is 11.6 Å². The highest BCUT2D eigenvalue weighted by atomic mass is 19.1. The van der Waals surface area contributed by atoms with Crippen molar-refractivity contribution in [2.24, 2.45) is 0 Å². The molecule has 0 unspecified atom stereocenters. The van der Waals surface area contributed by atoms with Crippen LogP contribution in [0.2, 0.25) is 0 Å². The molecular formula is C19H19F2N3O. The van der Waals surface area contributed by atoms with Gasteiger partial charge in [-0.15, -0.1) is 0 Å². The predicted molar refractivity (Wildman–Crippen MR) is 91.6 cm³/mol. The van der Waals surface area contributed by atoms with Gasteiger partial charge in [-0.1, -0.05) is 30.3 Å². The molecular weight excluding hydrogens is 324 g/mol. The Morgan fingerprint density at radius 3 is 2.56 bits per heavy atom. The minimum Gasteiger partial charge on any atom is -0.395 e. The third-order valence-corrected chi connectivity index (χ3v) is 3.98. The molecule has 0 saturated heterocycles. The molecule has 1 aromatic heterocycles. The molecule has 0 bridgehead atoms. The molecule has 1 heterocycles.